The molecule has 1 rings (SSSR count). The smallest absolute Gasteiger partial charge is 0.0109 e. The summed E-state index contributed by atoms with van der Waals surface area (Å²) in [7, 11) is 0. The number of hydrogen-bond acceptors (Lipinski definition) is 3. The van der Waals surface area contributed by atoms with Gasteiger partial charge in [0, 0.05) is 13.1 Å². The number of nitrogens with zero attached hydrogens (tertiary/aromatic N) is 2. The van der Waals surface area contributed by atoms with E-state index in [9.17, 15) is 0 Å². The molecule has 0 aliphatic carbocycles. The zero-order valence-corrected chi connectivity index (χ0v) is 12.4. The highest BCUT2D eigenvalue weighted by molar-refractivity contribution is 4.69. The summed E-state index contributed by atoms with van der Waals surface area (Å²) in [4.78, 5) is 5.29. The van der Waals surface area contributed by atoms with Crippen LogP contribution < -0.4 is 5.73 Å². The van der Waals surface area contributed by atoms with E-state index in [1.54, 1.807) is 0 Å². The minimum atomic E-state index is 0.845. The van der Waals surface area contributed by atoms with E-state index in [0.29, 0.717) is 0 Å². The lowest BCUT2D eigenvalue weighted by Gasteiger charge is -2.21. The van der Waals surface area contributed by atoms with Gasteiger partial charge in [0.05, 0.1) is 0 Å². The van der Waals surface area contributed by atoms with Crippen LogP contribution in [0.1, 0.15) is 51.9 Å². The van der Waals surface area contributed by atoms with E-state index < -0.39 is 0 Å². The summed E-state index contributed by atoms with van der Waals surface area (Å²) in [6.07, 6.45) is 9.34. The Kier molecular flexibility index (Phi) is 9.54. The molecule has 0 unspecified atom stereocenters. The summed E-state index contributed by atoms with van der Waals surface area (Å²) in [6, 6.07) is 0. The molecule has 1 aliphatic heterocycles. The van der Waals surface area contributed by atoms with Crippen LogP contribution in [0.15, 0.2) is 0 Å². The lowest BCUT2D eigenvalue weighted by atomic mass is 10.2. The fourth-order valence-corrected chi connectivity index (χ4v) is 2.71. The van der Waals surface area contributed by atoms with Gasteiger partial charge >= 0.3 is 0 Å². The highest BCUT2D eigenvalue weighted by Crippen LogP contribution is 2.07. The van der Waals surface area contributed by atoms with Gasteiger partial charge in [-0.15, -0.1) is 0 Å². The molecule has 108 valence electrons. The predicted octanol–water partition coefficient (Wildman–Crippen LogP) is 2.31. The van der Waals surface area contributed by atoms with Gasteiger partial charge < -0.3 is 15.5 Å². The van der Waals surface area contributed by atoms with E-state index >= 15 is 0 Å². The second-order valence-corrected chi connectivity index (χ2v) is 5.59. The molecule has 0 saturated carbocycles. The van der Waals surface area contributed by atoms with Gasteiger partial charge in [0.2, 0.25) is 0 Å². The molecule has 0 bridgehead atoms. The van der Waals surface area contributed by atoms with Gasteiger partial charge in [0.1, 0.15) is 0 Å². The molecule has 18 heavy (non-hydrogen) atoms. The first-order valence-corrected chi connectivity index (χ1v) is 8.01. The summed E-state index contributed by atoms with van der Waals surface area (Å²) in [6.45, 7) is 10.8. The van der Waals surface area contributed by atoms with E-state index in [0.717, 1.165) is 6.54 Å². The van der Waals surface area contributed by atoms with Gasteiger partial charge in [0.15, 0.2) is 0 Å². The maximum Gasteiger partial charge on any atom is 0.0109 e. The summed E-state index contributed by atoms with van der Waals surface area (Å²) in [5.41, 5.74) is 5.55. The lowest BCUT2D eigenvalue weighted by Crippen LogP contribution is -2.32. The topological polar surface area (TPSA) is 32.5 Å². The van der Waals surface area contributed by atoms with Crippen LogP contribution in [-0.2, 0) is 0 Å². The minimum absolute atomic E-state index is 0.845. The zero-order valence-electron chi connectivity index (χ0n) is 12.4. The predicted molar refractivity (Wildman–Crippen MR) is 79.9 cm³/mol. The highest BCUT2D eigenvalue weighted by atomic mass is 15.2. The van der Waals surface area contributed by atoms with Gasteiger partial charge in [0.25, 0.3) is 0 Å². The van der Waals surface area contributed by atoms with Crippen molar-refractivity contribution in [3.63, 3.8) is 0 Å². The summed E-state index contributed by atoms with van der Waals surface area (Å²) < 4.78 is 0. The van der Waals surface area contributed by atoms with Crippen molar-refractivity contribution in [1.29, 1.82) is 0 Å². The zero-order chi connectivity index (χ0) is 13.1. The summed E-state index contributed by atoms with van der Waals surface area (Å²) in [5, 5.41) is 0. The van der Waals surface area contributed by atoms with Crippen LogP contribution in [0.2, 0.25) is 0 Å². The molecule has 0 aromatic carbocycles. The number of hydrogen-bond donors (Lipinski definition) is 1. The van der Waals surface area contributed by atoms with Crippen LogP contribution in [0.3, 0.4) is 0 Å². The molecule has 0 amide bonds. The maximum atomic E-state index is 5.55. The first-order valence-electron chi connectivity index (χ1n) is 8.01. The molecular weight excluding hydrogens is 222 g/mol. The first-order chi connectivity index (χ1) is 8.86. The van der Waals surface area contributed by atoms with Crippen LogP contribution >= 0.6 is 0 Å². The molecule has 1 saturated heterocycles. The van der Waals surface area contributed by atoms with Gasteiger partial charge in [-0.3, -0.25) is 0 Å². The fraction of sp³-hybridized carbons (Fsp3) is 1.00. The quantitative estimate of drug-likeness (QED) is 0.642. The van der Waals surface area contributed by atoms with Crippen LogP contribution in [0, 0.1) is 0 Å². The minimum Gasteiger partial charge on any atom is -0.330 e. The average molecular weight is 255 g/mol. The molecule has 3 nitrogen and oxygen atoms in total. The van der Waals surface area contributed by atoms with Crippen molar-refractivity contribution in [3.8, 4) is 0 Å². The Bertz CT molecular complexity index is 185. The normalized spacial score (nSPS) is 19.0. The highest BCUT2D eigenvalue weighted by Gasteiger charge is 2.13. The summed E-state index contributed by atoms with van der Waals surface area (Å²) in [5.74, 6) is 0. The molecule has 3 heteroatoms. The molecule has 0 atom stereocenters. The number of nitrogens with two attached hydrogens (primary N) is 1. The third-order valence-electron chi connectivity index (χ3n) is 3.94. The Morgan fingerprint density at radius 2 is 1.39 bits per heavy atom. The Labute approximate surface area is 114 Å². The van der Waals surface area contributed by atoms with E-state index in [1.807, 2.05) is 0 Å². The largest absolute Gasteiger partial charge is 0.330 e. The molecular formula is C15H33N3. The van der Waals surface area contributed by atoms with Crippen molar-refractivity contribution in [1.82, 2.24) is 9.80 Å². The molecule has 0 radical (unpaired) electrons. The maximum absolute atomic E-state index is 5.55. The molecule has 0 aromatic heterocycles. The van der Waals surface area contributed by atoms with E-state index in [-0.39, 0.29) is 0 Å². The van der Waals surface area contributed by atoms with Crippen LogP contribution in [-0.4, -0.2) is 55.6 Å². The van der Waals surface area contributed by atoms with Crippen molar-refractivity contribution in [2.45, 2.75) is 51.9 Å². The molecule has 1 fully saturated rings. The molecule has 1 heterocycles. The van der Waals surface area contributed by atoms with Crippen molar-refractivity contribution in [2.75, 3.05) is 45.8 Å². The Balaban J connectivity index is 2.08. The average Bonchev–Trinajstić information content (AvgIpc) is 2.61. The second-order valence-electron chi connectivity index (χ2n) is 5.59. The first kappa shape index (κ1) is 15.9. The third kappa shape index (κ3) is 7.34. The van der Waals surface area contributed by atoms with Crippen LogP contribution in [0.4, 0.5) is 0 Å². The molecule has 0 aromatic rings. The lowest BCUT2D eigenvalue weighted by molar-refractivity contribution is 0.250. The van der Waals surface area contributed by atoms with Gasteiger partial charge in [-0.1, -0.05) is 26.2 Å². The SMILES string of the molecule is CCCCCCN1CCCN(CCCCN)CC1. The third-order valence-corrected chi connectivity index (χ3v) is 3.94. The molecule has 2 N–H and O–H groups in total. The van der Waals surface area contributed by atoms with Crippen molar-refractivity contribution in [2.24, 2.45) is 5.73 Å². The van der Waals surface area contributed by atoms with Gasteiger partial charge in [-0.05, 0) is 58.4 Å². The monoisotopic (exact) mass is 255 g/mol. The van der Waals surface area contributed by atoms with Crippen molar-refractivity contribution in [3.05, 3.63) is 0 Å². The molecule has 0 spiro atoms. The Morgan fingerprint density at radius 3 is 1.94 bits per heavy atom. The van der Waals surface area contributed by atoms with Crippen molar-refractivity contribution >= 4 is 0 Å². The van der Waals surface area contributed by atoms with Gasteiger partial charge in [-0.25, -0.2) is 0 Å². The van der Waals surface area contributed by atoms with E-state index in [2.05, 4.69) is 16.7 Å². The number of rotatable bonds is 9. The van der Waals surface area contributed by atoms with E-state index in [1.165, 1.54) is 84.2 Å². The van der Waals surface area contributed by atoms with Gasteiger partial charge in [-0.2, -0.15) is 0 Å². The van der Waals surface area contributed by atoms with Crippen LogP contribution in [0.5, 0.6) is 0 Å². The van der Waals surface area contributed by atoms with E-state index in [4.69, 9.17) is 5.73 Å². The Hall–Kier alpha value is -0.120. The molecule has 1 aliphatic rings. The van der Waals surface area contributed by atoms with Crippen molar-refractivity contribution < 1.29 is 0 Å². The fourth-order valence-electron chi connectivity index (χ4n) is 2.71. The Morgan fingerprint density at radius 1 is 0.778 bits per heavy atom. The second kappa shape index (κ2) is 10.8. The number of unbranched alkanes of at least 4 members (excludes halogenated alkanes) is 4. The standard InChI is InChI=1S/C15H33N3/c1-2-3-4-6-10-17-12-8-13-18(15-14-17)11-7-5-9-16/h2-16H2,1H3. The van der Waals surface area contributed by atoms with Crippen LogP contribution in [0.25, 0.3) is 0 Å². The summed E-state index contributed by atoms with van der Waals surface area (Å²) >= 11 is 0.